The van der Waals surface area contributed by atoms with E-state index in [1.165, 1.54) is 43.4 Å². The van der Waals surface area contributed by atoms with E-state index in [9.17, 15) is 5.11 Å². The van der Waals surface area contributed by atoms with Crippen LogP contribution in [0.15, 0.2) is 30.5 Å². The van der Waals surface area contributed by atoms with Gasteiger partial charge in [-0.3, -0.25) is 0 Å². The second kappa shape index (κ2) is 8.05. The zero-order valence-electron chi connectivity index (χ0n) is 12.1. The molecule has 0 spiro atoms. The first-order valence-electron chi connectivity index (χ1n) is 7.53. The molecule has 1 N–H and O–H groups in total. The maximum atomic E-state index is 9.30. The Bertz CT molecular complexity index is 504. The fraction of sp³-hybridized carbons (Fsp3) is 0.471. The molecule has 0 bridgehead atoms. The highest BCUT2D eigenvalue weighted by molar-refractivity contribution is 7.15. The van der Waals surface area contributed by atoms with E-state index in [2.05, 4.69) is 11.9 Å². The molecule has 0 radical (unpaired) electrons. The fourth-order valence-corrected chi connectivity index (χ4v) is 3.20. The molecular weight excluding hydrogens is 266 g/mol. The van der Waals surface area contributed by atoms with Gasteiger partial charge in [0, 0.05) is 16.6 Å². The van der Waals surface area contributed by atoms with Gasteiger partial charge in [0.1, 0.15) is 10.8 Å². The summed E-state index contributed by atoms with van der Waals surface area (Å²) in [5, 5.41) is 10.3. The summed E-state index contributed by atoms with van der Waals surface area (Å²) >= 11 is 1.77. The lowest BCUT2D eigenvalue weighted by Gasteiger charge is -1.99. The number of rotatable bonds is 8. The lowest BCUT2D eigenvalue weighted by molar-refractivity contribution is 0.475. The maximum Gasteiger partial charge on any atom is 0.123 e. The van der Waals surface area contributed by atoms with Gasteiger partial charge in [-0.2, -0.15) is 0 Å². The van der Waals surface area contributed by atoms with Gasteiger partial charge in [-0.1, -0.05) is 39.0 Å². The summed E-state index contributed by atoms with van der Waals surface area (Å²) in [6, 6.07) is 7.26. The Morgan fingerprint density at radius 1 is 1.00 bits per heavy atom. The average molecular weight is 289 g/mol. The number of hydrogen-bond donors (Lipinski definition) is 1. The third-order valence-corrected chi connectivity index (χ3v) is 4.55. The summed E-state index contributed by atoms with van der Waals surface area (Å²) in [6.45, 7) is 2.25. The van der Waals surface area contributed by atoms with Crippen molar-refractivity contribution in [2.45, 2.75) is 51.9 Å². The molecule has 0 amide bonds. The Kier molecular flexibility index (Phi) is 6.06. The number of nitrogens with zero attached hydrogens (tertiary/aromatic N) is 1. The predicted octanol–water partition coefficient (Wildman–Crippen LogP) is 5.42. The minimum absolute atomic E-state index is 0.303. The van der Waals surface area contributed by atoms with Crippen molar-refractivity contribution < 1.29 is 5.11 Å². The first-order chi connectivity index (χ1) is 9.79. The summed E-state index contributed by atoms with van der Waals surface area (Å²) in [6.07, 6.45) is 11.1. The number of unbranched alkanes of at least 4 members (excludes halogenated alkanes) is 5. The van der Waals surface area contributed by atoms with E-state index in [4.69, 9.17) is 0 Å². The fourth-order valence-electron chi connectivity index (χ4n) is 2.24. The summed E-state index contributed by atoms with van der Waals surface area (Å²) in [5.74, 6) is 0.303. The van der Waals surface area contributed by atoms with Crippen molar-refractivity contribution in [3.8, 4) is 16.3 Å². The van der Waals surface area contributed by atoms with E-state index in [1.807, 2.05) is 18.3 Å². The second-order valence-corrected chi connectivity index (χ2v) is 6.31. The molecule has 0 unspecified atom stereocenters. The number of phenols is 1. The van der Waals surface area contributed by atoms with Gasteiger partial charge in [0.2, 0.25) is 0 Å². The molecule has 20 heavy (non-hydrogen) atoms. The molecular formula is C17H23NOS. The van der Waals surface area contributed by atoms with Gasteiger partial charge in [0.25, 0.3) is 0 Å². The van der Waals surface area contributed by atoms with Crippen LogP contribution in [0.2, 0.25) is 0 Å². The minimum Gasteiger partial charge on any atom is -0.508 e. The number of phenolic OH excluding ortho intramolecular Hbond substituents is 1. The van der Waals surface area contributed by atoms with Crippen molar-refractivity contribution in [1.29, 1.82) is 0 Å². The number of benzene rings is 1. The summed E-state index contributed by atoms with van der Waals surface area (Å²) < 4.78 is 0. The van der Waals surface area contributed by atoms with E-state index in [0.717, 1.165) is 17.0 Å². The Hall–Kier alpha value is -1.35. The molecule has 0 aliphatic heterocycles. The molecule has 0 atom stereocenters. The SMILES string of the molecule is CCCCCCCCc1cnc(-c2ccc(O)cc2)s1. The maximum absolute atomic E-state index is 9.30. The highest BCUT2D eigenvalue weighted by Crippen LogP contribution is 2.27. The summed E-state index contributed by atoms with van der Waals surface area (Å²) in [7, 11) is 0. The van der Waals surface area contributed by atoms with E-state index in [1.54, 1.807) is 23.5 Å². The molecule has 3 heteroatoms. The quantitative estimate of drug-likeness (QED) is 0.658. The van der Waals surface area contributed by atoms with Gasteiger partial charge >= 0.3 is 0 Å². The molecule has 2 rings (SSSR count). The first kappa shape index (κ1) is 15.0. The van der Waals surface area contributed by atoms with Crippen molar-refractivity contribution >= 4 is 11.3 Å². The number of aryl methyl sites for hydroxylation is 1. The molecule has 1 aromatic carbocycles. The third kappa shape index (κ3) is 4.64. The Labute approximate surface area is 125 Å². The summed E-state index contributed by atoms with van der Waals surface area (Å²) in [4.78, 5) is 5.85. The molecule has 0 saturated carbocycles. The molecule has 1 aromatic heterocycles. The molecule has 1 heterocycles. The van der Waals surface area contributed by atoms with E-state index >= 15 is 0 Å². The molecule has 0 aliphatic carbocycles. The molecule has 2 nitrogen and oxygen atoms in total. The van der Waals surface area contributed by atoms with Gasteiger partial charge in [-0.05, 0) is 37.1 Å². The van der Waals surface area contributed by atoms with Crippen molar-refractivity contribution in [3.63, 3.8) is 0 Å². The molecule has 2 aromatic rings. The Morgan fingerprint density at radius 3 is 2.45 bits per heavy atom. The van der Waals surface area contributed by atoms with Gasteiger partial charge in [0.15, 0.2) is 0 Å². The molecule has 0 aliphatic rings. The topological polar surface area (TPSA) is 33.1 Å². The third-order valence-electron chi connectivity index (χ3n) is 3.44. The highest BCUT2D eigenvalue weighted by atomic mass is 32.1. The largest absolute Gasteiger partial charge is 0.508 e. The van der Waals surface area contributed by atoms with Crippen molar-refractivity contribution in [1.82, 2.24) is 4.98 Å². The van der Waals surface area contributed by atoms with Crippen LogP contribution in [0.25, 0.3) is 10.6 Å². The number of aromatic nitrogens is 1. The van der Waals surface area contributed by atoms with Gasteiger partial charge in [0.05, 0.1) is 0 Å². The van der Waals surface area contributed by atoms with Crippen LogP contribution in [0.3, 0.4) is 0 Å². The van der Waals surface area contributed by atoms with Crippen LogP contribution < -0.4 is 0 Å². The van der Waals surface area contributed by atoms with E-state index < -0.39 is 0 Å². The van der Waals surface area contributed by atoms with Crippen LogP contribution >= 0.6 is 11.3 Å². The van der Waals surface area contributed by atoms with Crippen LogP contribution in [-0.4, -0.2) is 10.1 Å². The lowest BCUT2D eigenvalue weighted by atomic mass is 10.1. The van der Waals surface area contributed by atoms with E-state index in [0.29, 0.717) is 5.75 Å². The Balaban J connectivity index is 1.79. The molecule has 108 valence electrons. The van der Waals surface area contributed by atoms with E-state index in [-0.39, 0.29) is 0 Å². The Morgan fingerprint density at radius 2 is 1.70 bits per heavy atom. The second-order valence-electron chi connectivity index (χ2n) is 5.20. The van der Waals surface area contributed by atoms with Crippen LogP contribution in [0.5, 0.6) is 5.75 Å². The number of aromatic hydroxyl groups is 1. The van der Waals surface area contributed by atoms with Gasteiger partial charge < -0.3 is 5.11 Å². The van der Waals surface area contributed by atoms with Crippen molar-refractivity contribution in [3.05, 3.63) is 35.3 Å². The van der Waals surface area contributed by atoms with Crippen LogP contribution in [0.4, 0.5) is 0 Å². The lowest BCUT2D eigenvalue weighted by Crippen LogP contribution is -1.82. The molecule has 0 saturated heterocycles. The van der Waals surface area contributed by atoms with Crippen LogP contribution in [-0.2, 0) is 6.42 Å². The van der Waals surface area contributed by atoms with Crippen molar-refractivity contribution in [2.75, 3.05) is 0 Å². The first-order valence-corrected chi connectivity index (χ1v) is 8.35. The predicted molar refractivity (Wildman–Crippen MR) is 86.3 cm³/mol. The monoisotopic (exact) mass is 289 g/mol. The standard InChI is InChI=1S/C17H23NOS/c1-2-3-4-5-6-7-8-16-13-18-17(20-16)14-9-11-15(19)12-10-14/h9-13,19H,2-8H2,1H3. The zero-order chi connectivity index (χ0) is 14.2. The minimum atomic E-state index is 0.303. The molecule has 0 fully saturated rings. The normalized spacial score (nSPS) is 10.8. The highest BCUT2D eigenvalue weighted by Gasteiger charge is 2.04. The van der Waals surface area contributed by atoms with Gasteiger partial charge in [-0.15, -0.1) is 11.3 Å². The smallest absolute Gasteiger partial charge is 0.123 e. The van der Waals surface area contributed by atoms with Crippen LogP contribution in [0, 0.1) is 0 Å². The number of hydrogen-bond acceptors (Lipinski definition) is 3. The van der Waals surface area contributed by atoms with Crippen molar-refractivity contribution in [2.24, 2.45) is 0 Å². The average Bonchev–Trinajstić information content (AvgIpc) is 2.92. The van der Waals surface area contributed by atoms with Crippen LogP contribution in [0.1, 0.15) is 50.3 Å². The number of thiazole rings is 1. The summed E-state index contributed by atoms with van der Waals surface area (Å²) in [5.41, 5.74) is 1.09. The van der Waals surface area contributed by atoms with Gasteiger partial charge in [-0.25, -0.2) is 4.98 Å². The zero-order valence-corrected chi connectivity index (χ0v) is 13.0.